The average molecular weight is 252 g/mol. The molecule has 0 aliphatic rings. The van der Waals surface area contributed by atoms with Crippen molar-refractivity contribution in [1.29, 1.82) is 0 Å². The van der Waals surface area contributed by atoms with Gasteiger partial charge in [0.2, 0.25) is 0 Å². The number of rotatable bonds is 2. The first-order valence-electron chi connectivity index (χ1n) is 4.83. The maximum Gasteiger partial charge on any atom is 0.143 e. The lowest BCUT2D eigenvalue weighted by atomic mass is 10.0. The van der Waals surface area contributed by atoms with Crippen LogP contribution < -0.4 is 0 Å². The van der Waals surface area contributed by atoms with E-state index in [1.165, 1.54) is 0 Å². The van der Waals surface area contributed by atoms with E-state index >= 15 is 0 Å². The molecule has 1 radical (unpaired) electrons. The van der Waals surface area contributed by atoms with Crippen molar-refractivity contribution in [3.05, 3.63) is 69.7 Å². The molecule has 0 saturated carbocycles. The molecule has 2 rings (SSSR count). The summed E-state index contributed by atoms with van der Waals surface area (Å²) in [4.78, 5) is 0. The third kappa shape index (κ3) is 2.56. The summed E-state index contributed by atoms with van der Waals surface area (Å²) in [6, 6.07) is 13.9. The van der Waals surface area contributed by atoms with Gasteiger partial charge in [0.1, 0.15) is 6.10 Å². The number of hydrogen-bond acceptors (Lipinski definition) is 0. The third-order valence-electron chi connectivity index (χ3n) is 2.35. The molecule has 0 fully saturated rings. The highest BCUT2D eigenvalue weighted by Gasteiger charge is 2.11. The van der Waals surface area contributed by atoms with Gasteiger partial charge in [-0.25, -0.2) is 5.11 Å². The molecule has 2 aromatic carbocycles. The van der Waals surface area contributed by atoms with Crippen LogP contribution in [-0.4, -0.2) is 0 Å². The zero-order valence-electron chi connectivity index (χ0n) is 8.36. The molecule has 0 aliphatic carbocycles. The van der Waals surface area contributed by atoms with Crippen molar-refractivity contribution in [3.63, 3.8) is 0 Å². The maximum atomic E-state index is 12.1. The van der Waals surface area contributed by atoms with Crippen LogP contribution >= 0.6 is 23.2 Å². The van der Waals surface area contributed by atoms with Crippen molar-refractivity contribution >= 4 is 23.2 Å². The molecule has 0 amide bonds. The molecule has 0 heterocycles. The fraction of sp³-hybridized carbons (Fsp3) is 0.0769. The molecule has 3 heteroatoms. The Morgan fingerprint density at radius 3 is 1.31 bits per heavy atom. The van der Waals surface area contributed by atoms with Crippen molar-refractivity contribution in [1.82, 2.24) is 0 Å². The zero-order chi connectivity index (χ0) is 11.5. The minimum Gasteiger partial charge on any atom is -0.223 e. The van der Waals surface area contributed by atoms with E-state index in [4.69, 9.17) is 23.2 Å². The monoisotopic (exact) mass is 251 g/mol. The Hall–Kier alpha value is -1.02. The second-order valence-electron chi connectivity index (χ2n) is 3.48. The lowest BCUT2D eigenvalue weighted by Gasteiger charge is -2.09. The largest absolute Gasteiger partial charge is 0.223 e. The maximum absolute atomic E-state index is 12.1. The first-order chi connectivity index (χ1) is 7.66. The molecule has 81 valence electrons. The quantitative estimate of drug-likeness (QED) is 0.749. The van der Waals surface area contributed by atoms with E-state index in [0.29, 0.717) is 21.2 Å². The Kier molecular flexibility index (Phi) is 3.49. The fourth-order valence-corrected chi connectivity index (χ4v) is 1.72. The second kappa shape index (κ2) is 4.88. The molecular weight excluding hydrogens is 243 g/mol. The number of halogens is 2. The first-order valence-corrected chi connectivity index (χ1v) is 5.59. The van der Waals surface area contributed by atoms with Gasteiger partial charge in [-0.1, -0.05) is 47.5 Å². The zero-order valence-corrected chi connectivity index (χ0v) is 9.87. The van der Waals surface area contributed by atoms with Crippen LogP contribution in [-0.2, 0) is 5.11 Å². The molecule has 0 aliphatic heterocycles. The van der Waals surface area contributed by atoms with Crippen molar-refractivity contribution in [2.75, 3.05) is 0 Å². The van der Waals surface area contributed by atoms with E-state index in [1.807, 2.05) is 0 Å². The van der Waals surface area contributed by atoms with E-state index in [-0.39, 0.29) is 0 Å². The molecule has 0 spiro atoms. The van der Waals surface area contributed by atoms with Gasteiger partial charge in [-0.15, -0.1) is 0 Å². The van der Waals surface area contributed by atoms with E-state index in [0.717, 1.165) is 0 Å². The van der Waals surface area contributed by atoms with Crippen LogP contribution in [0, 0.1) is 0 Å². The van der Waals surface area contributed by atoms with Crippen molar-refractivity contribution < 1.29 is 5.11 Å². The molecule has 0 aromatic heterocycles. The molecule has 0 N–H and O–H groups in total. The Labute approximate surface area is 104 Å². The highest BCUT2D eigenvalue weighted by molar-refractivity contribution is 6.30. The van der Waals surface area contributed by atoms with Crippen LogP contribution in [0.3, 0.4) is 0 Å². The van der Waals surface area contributed by atoms with Gasteiger partial charge in [0.15, 0.2) is 0 Å². The van der Waals surface area contributed by atoms with Crippen molar-refractivity contribution in [3.8, 4) is 0 Å². The Morgan fingerprint density at radius 2 is 1.00 bits per heavy atom. The Balaban J connectivity index is 2.28. The summed E-state index contributed by atoms with van der Waals surface area (Å²) in [7, 11) is 0. The number of benzene rings is 2. The molecular formula is C13H9Cl2O. The summed E-state index contributed by atoms with van der Waals surface area (Å²) in [6.45, 7) is 0. The minimum atomic E-state index is -0.894. The van der Waals surface area contributed by atoms with E-state index < -0.39 is 6.10 Å². The van der Waals surface area contributed by atoms with Gasteiger partial charge in [0.05, 0.1) is 0 Å². The summed E-state index contributed by atoms with van der Waals surface area (Å²) in [5.41, 5.74) is 1.40. The lowest BCUT2D eigenvalue weighted by Crippen LogP contribution is -1.97. The second-order valence-corrected chi connectivity index (χ2v) is 4.36. The highest BCUT2D eigenvalue weighted by atomic mass is 35.5. The van der Waals surface area contributed by atoms with Gasteiger partial charge in [-0.05, 0) is 35.4 Å². The highest BCUT2D eigenvalue weighted by Crippen LogP contribution is 2.24. The molecule has 1 nitrogen and oxygen atoms in total. The molecule has 16 heavy (non-hydrogen) atoms. The Morgan fingerprint density at radius 1 is 0.688 bits per heavy atom. The molecule has 2 aromatic rings. The predicted molar refractivity (Wildman–Crippen MR) is 65.4 cm³/mol. The average Bonchev–Trinajstić information content (AvgIpc) is 2.30. The van der Waals surface area contributed by atoms with E-state index in [1.54, 1.807) is 48.5 Å². The van der Waals surface area contributed by atoms with E-state index in [9.17, 15) is 5.11 Å². The third-order valence-corrected chi connectivity index (χ3v) is 2.85. The van der Waals surface area contributed by atoms with Crippen molar-refractivity contribution in [2.24, 2.45) is 0 Å². The van der Waals surface area contributed by atoms with E-state index in [2.05, 4.69) is 0 Å². The van der Waals surface area contributed by atoms with Crippen molar-refractivity contribution in [2.45, 2.75) is 6.10 Å². The summed E-state index contributed by atoms with van der Waals surface area (Å²) in [5.74, 6) is 0. The standard InChI is InChI=1S/C13H9Cl2O/c14-11-5-1-9(2-6-11)13(16)10-3-7-12(15)8-4-10/h1-8,13H. The first kappa shape index (κ1) is 11.5. The molecule has 0 unspecified atom stereocenters. The smallest absolute Gasteiger partial charge is 0.143 e. The summed E-state index contributed by atoms with van der Waals surface area (Å²) >= 11 is 11.5. The van der Waals surface area contributed by atoms with Crippen LogP contribution in [0.4, 0.5) is 0 Å². The lowest BCUT2D eigenvalue weighted by molar-refractivity contribution is 0.124. The number of hydrogen-bond donors (Lipinski definition) is 0. The van der Waals surface area contributed by atoms with Gasteiger partial charge in [0.25, 0.3) is 0 Å². The van der Waals surface area contributed by atoms with Gasteiger partial charge in [-0.2, -0.15) is 0 Å². The van der Waals surface area contributed by atoms with Crippen LogP contribution in [0.15, 0.2) is 48.5 Å². The van der Waals surface area contributed by atoms with Crippen LogP contribution in [0.5, 0.6) is 0 Å². The van der Waals surface area contributed by atoms with Crippen LogP contribution in [0.2, 0.25) is 10.0 Å². The van der Waals surface area contributed by atoms with Gasteiger partial charge in [0, 0.05) is 10.0 Å². The summed E-state index contributed by atoms with van der Waals surface area (Å²) < 4.78 is 0. The van der Waals surface area contributed by atoms with Crippen LogP contribution in [0.25, 0.3) is 0 Å². The Bertz CT molecular complexity index is 417. The van der Waals surface area contributed by atoms with Gasteiger partial charge >= 0.3 is 0 Å². The van der Waals surface area contributed by atoms with Gasteiger partial charge in [-0.3, -0.25) is 0 Å². The summed E-state index contributed by atoms with van der Waals surface area (Å²) in [6.07, 6.45) is -0.894. The fourth-order valence-electron chi connectivity index (χ4n) is 1.47. The SMILES string of the molecule is [O]C(c1ccc(Cl)cc1)c1ccc(Cl)cc1. The molecule has 0 atom stereocenters. The topological polar surface area (TPSA) is 19.9 Å². The normalized spacial score (nSPS) is 10.8. The van der Waals surface area contributed by atoms with Crippen LogP contribution in [0.1, 0.15) is 17.2 Å². The predicted octanol–water partition coefficient (Wildman–Crippen LogP) is 4.51. The summed E-state index contributed by atoms with van der Waals surface area (Å²) in [5, 5.41) is 13.3. The minimum absolute atomic E-state index is 0.632. The molecule has 0 bridgehead atoms. The molecule has 0 saturated heterocycles. The van der Waals surface area contributed by atoms with Gasteiger partial charge < -0.3 is 0 Å².